The average molecular weight is 321 g/mol. The van der Waals surface area contributed by atoms with Crippen molar-refractivity contribution >= 4 is 11.9 Å². The first-order valence-corrected chi connectivity index (χ1v) is 7.28. The van der Waals surface area contributed by atoms with Gasteiger partial charge >= 0.3 is 11.9 Å². The summed E-state index contributed by atoms with van der Waals surface area (Å²) in [5.74, 6) is -1.53. The molecule has 2 atom stereocenters. The number of carboxylic acids is 2. The second kappa shape index (κ2) is 8.30. The maximum absolute atomic E-state index is 9.55. The van der Waals surface area contributed by atoms with E-state index in [1.165, 1.54) is 5.56 Å². The Hall–Kier alpha value is -2.38. The Balaban J connectivity index is 0.000000207. The molecule has 0 unspecified atom stereocenters. The van der Waals surface area contributed by atoms with E-state index in [4.69, 9.17) is 19.7 Å². The summed E-state index contributed by atoms with van der Waals surface area (Å²) < 4.78 is 11.6. The summed E-state index contributed by atoms with van der Waals surface area (Å²) >= 11 is 0. The highest BCUT2D eigenvalue weighted by Gasteiger charge is 2.31. The zero-order valence-electron chi connectivity index (χ0n) is 12.5. The van der Waals surface area contributed by atoms with E-state index >= 15 is 0 Å². The summed E-state index contributed by atoms with van der Waals surface area (Å²) in [6.07, 6.45) is 2.29. The molecule has 1 aromatic carbocycles. The van der Waals surface area contributed by atoms with Gasteiger partial charge in [-0.25, -0.2) is 9.59 Å². The predicted octanol–water partition coefficient (Wildman–Crippen LogP) is 1.21. The SMILES string of the molecule is O=C(O)/C=C\C(=O)O.c1ccc2c(c1)OCC[C@@H]1NCCO[C@H]21. The van der Waals surface area contributed by atoms with Crippen LogP contribution in [-0.4, -0.2) is 48.0 Å². The van der Waals surface area contributed by atoms with E-state index in [-0.39, 0.29) is 6.10 Å². The van der Waals surface area contributed by atoms with Gasteiger partial charge in [0.05, 0.1) is 13.2 Å². The molecule has 23 heavy (non-hydrogen) atoms. The molecule has 0 amide bonds. The Morgan fingerprint density at radius 3 is 2.52 bits per heavy atom. The minimum absolute atomic E-state index is 0.164. The van der Waals surface area contributed by atoms with Gasteiger partial charge in [0.1, 0.15) is 11.9 Å². The Bertz CT molecular complexity index is 570. The summed E-state index contributed by atoms with van der Waals surface area (Å²) in [5, 5.41) is 19.1. The molecule has 2 heterocycles. The van der Waals surface area contributed by atoms with Crippen molar-refractivity contribution in [2.45, 2.75) is 18.6 Å². The lowest BCUT2D eigenvalue weighted by molar-refractivity contribution is -0.134. The van der Waals surface area contributed by atoms with Crippen LogP contribution in [0.15, 0.2) is 36.4 Å². The quantitative estimate of drug-likeness (QED) is 0.703. The fourth-order valence-electron chi connectivity index (χ4n) is 2.50. The molecule has 3 N–H and O–H groups in total. The van der Waals surface area contributed by atoms with E-state index < -0.39 is 11.9 Å². The van der Waals surface area contributed by atoms with Crippen LogP contribution >= 0.6 is 0 Å². The molecule has 7 heteroatoms. The number of benzene rings is 1. The molecule has 0 aromatic heterocycles. The average Bonchev–Trinajstić information content (AvgIpc) is 2.73. The maximum Gasteiger partial charge on any atom is 0.328 e. The molecule has 0 bridgehead atoms. The third-order valence-corrected chi connectivity index (χ3v) is 3.45. The zero-order chi connectivity index (χ0) is 16.7. The number of carboxylic acid groups (broad SMARTS) is 2. The van der Waals surface area contributed by atoms with Crippen molar-refractivity contribution in [1.82, 2.24) is 5.32 Å². The molecule has 0 radical (unpaired) electrons. The van der Waals surface area contributed by atoms with Gasteiger partial charge < -0.3 is 25.0 Å². The number of hydrogen-bond acceptors (Lipinski definition) is 5. The normalized spacial score (nSPS) is 22.6. The number of rotatable bonds is 2. The number of fused-ring (bicyclic) bond motifs is 3. The first-order chi connectivity index (χ1) is 11.1. The molecule has 3 rings (SSSR count). The van der Waals surface area contributed by atoms with E-state index in [1.54, 1.807) is 0 Å². The number of nitrogens with one attached hydrogen (secondary N) is 1. The maximum atomic E-state index is 9.55. The minimum atomic E-state index is -1.26. The lowest BCUT2D eigenvalue weighted by Crippen LogP contribution is -2.43. The summed E-state index contributed by atoms with van der Waals surface area (Å²) in [5.41, 5.74) is 1.19. The van der Waals surface area contributed by atoms with Crippen molar-refractivity contribution in [3.63, 3.8) is 0 Å². The fourth-order valence-corrected chi connectivity index (χ4v) is 2.50. The molecule has 124 valence electrons. The molecule has 0 aliphatic carbocycles. The second-order valence-electron chi connectivity index (χ2n) is 5.04. The van der Waals surface area contributed by atoms with E-state index in [0.29, 0.717) is 18.2 Å². The first kappa shape index (κ1) is 17.0. The molecule has 1 fully saturated rings. The van der Waals surface area contributed by atoms with Crippen molar-refractivity contribution in [3.8, 4) is 5.75 Å². The van der Waals surface area contributed by atoms with Crippen molar-refractivity contribution in [2.24, 2.45) is 0 Å². The molecule has 1 aromatic rings. The number of aliphatic carboxylic acids is 2. The van der Waals surface area contributed by atoms with E-state index in [2.05, 4.69) is 11.4 Å². The molecule has 1 saturated heterocycles. The molecule has 0 spiro atoms. The van der Waals surface area contributed by atoms with E-state index in [1.807, 2.05) is 18.2 Å². The van der Waals surface area contributed by atoms with Crippen LogP contribution in [0.2, 0.25) is 0 Å². The first-order valence-electron chi connectivity index (χ1n) is 7.28. The highest BCUT2D eigenvalue weighted by atomic mass is 16.5. The topological polar surface area (TPSA) is 105 Å². The van der Waals surface area contributed by atoms with Gasteiger partial charge in [0.15, 0.2) is 0 Å². The third-order valence-electron chi connectivity index (χ3n) is 3.45. The van der Waals surface area contributed by atoms with Gasteiger partial charge in [-0.05, 0) is 12.5 Å². The van der Waals surface area contributed by atoms with Gasteiger partial charge in [-0.3, -0.25) is 0 Å². The van der Waals surface area contributed by atoms with Crippen LogP contribution in [0.3, 0.4) is 0 Å². The van der Waals surface area contributed by atoms with Crippen LogP contribution < -0.4 is 10.1 Å². The van der Waals surface area contributed by atoms with Gasteiger partial charge in [0.2, 0.25) is 0 Å². The number of carbonyl (C=O) groups is 2. The van der Waals surface area contributed by atoms with Crippen molar-refractivity contribution in [2.75, 3.05) is 19.8 Å². The summed E-state index contributed by atoms with van der Waals surface area (Å²) in [6.45, 7) is 2.51. The molecule has 2 aliphatic rings. The lowest BCUT2D eigenvalue weighted by atomic mass is 9.99. The molecular weight excluding hydrogens is 302 g/mol. The highest BCUT2D eigenvalue weighted by Crippen LogP contribution is 2.34. The zero-order valence-corrected chi connectivity index (χ0v) is 12.5. The predicted molar refractivity (Wildman–Crippen MR) is 81.4 cm³/mol. The standard InChI is InChI=1S/C12H15NO2.C4H4O4/c1-2-4-11-9(3-1)12-10(5-7-14-11)13-6-8-15-12;5-3(6)1-2-4(7)8/h1-4,10,12-13H,5-8H2;1-2H,(H,5,6)(H,7,8)/b;2-1-/t10-,12+;/m0./s1. The smallest absolute Gasteiger partial charge is 0.328 e. The van der Waals surface area contributed by atoms with E-state index in [0.717, 1.165) is 31.9 Å². The number of ether oxygens (including phenoxy) is 2. The number of para-hydroxylation sites is 1. The van der Waals surface area contributed by atoms with Crippen LogP contribution in [0.5, 0.6) is 5.75 Å². The molecule has 7 nitrogen and oxygen atoms in total. The Kier molecular flexibility index (Phi) is 6.13. The van der Waals surface area contributed by atoms with Crippen LogP contribution in [0.1, 0.15) is 18.1 Å². The lowest BCUT2D eigenvalue weighted by Gasteiger charge is -2.31. The second-order valence-corrected chi connectivity index (χ2v) is 5.04. The van der Waals surface area contributed by atoms with Gasteiger partial charge in [0, 0.05) is 30.3 Å². The Morgan fingerprint density at radius 1 is 1.13 bits per heavy atom. The van der Waals surface area contributed by atoms with Crippen molar-refractivity contribution < 1.29 is 29.3 Å². The van der Waals surface area contributed by atoms with Gasteiger partial charge in [-0.15, -0.1) is 0 Å². The van der Waals surface area contributed by atoms with Crippen molar-refractivity contribution in [3.05, 3.63) is 42.0 Å². The summed E-state index contributed by atoms with van der Waals surface area (Å²) in [4.78, 5) is 19.1. The summed E-state index contributed by atoms with van der Waals surface area (Å²) in [7, 11) is 0. The van der Waals surface area contributed by atoms with Gasteiger partial charge in [0.25, 0.3) is 0 Å². The Labute approximate surface area is 133 Å². The van der Waals surface area contributed by atoms with Gasteiger partial charge in [-0.2, -0.15) is 0 Å². The molecule has 2 aliphatic heterocycles. The van der Waals surface area contributed by atoms with Crippen molar-refractivity contribution in [1.29, 1.82) is 0 Å². The highest BCUT2D eigenvalue weighted by molar-refractivity contribution is 5.89. The van der Waals surface area contributed by atoms with Gasteiger partial charge in [-0.1, -0.05) is 18.2 Å². The molecular formula is C16H19NO6. The third kappa shape index (κ3) is 5.08. The monoisotopic (exact) mass is 321 g/mol. The minimum Gasteiger partial charge on any atom is -0.493 e. The van der Waals surface area contributed by atoms with Crippen LogP contribution in [0, 0.1) is 0 Å². The van der Waals surface area contributed by atoms with E-state index in [9.17, 15) is 9.59 Å². The fraction of sp³-hybridized carbons (Fsp3) is 0.375. The van der Waals surface area contributed by atoms with Crippen LogP contribution in [0.4, 0.5) is 0 Å². The van der Waals surface area contributed by atoms with Crippen LogP contribution in [-0.2, 0) is 14.3 Å². The number of hydrogen-bond donors (Lipinski definition) is 3. The molecule has 0 saturated carbocycles. The largest absolute Gasteiger partial charge is 0.493 e. The number of morpholine rings is 1. The van der Waals surface area contributed by atoms with Crippen LogP contribution in [0.25, 0.3) is 0 Å². The summed E-state index contributed by atoms with van der Waals surface area (Å²) in [6, 6.07) is 8.58. The Morgan fingerprint density at radius 2 is 1.83 bits per heavy atom.